The van der Waals surface area contributed by atoms with Crippen molar-refractivity contribution in [2.45, 2.75) is 37.6 Å². The zero-order valence-corrected chi connectivity index (χ0v) is 12.9. The van der Waals surface area contributed by atoms with Gasteiger partial charge < -0.3 is 15.7 Å². The third-order valence-electron chi connectivity index (χ3n) is 3.65. The van der Waals surface area contributed by atoms with Gasteiger partial charge in [0.05, 0.1) is 4.47 Å². The molecule has 0 unspecified atom stereocenters. The molecule has 2 amide bonds. The molecule has 0 bridgehead atoms. The number of amides is 2. The van der Waals surface area contributed by atoms with Gasteiger partial charge >= 0.3 is 12.0 Å². The zero-order valence-electron chi connectivity index (χ0n) is 11.3. The predicted molar refractivity (Wildman–Crippen MR) is 79.7 cm³/mol. The molecule has 0 heterocycles. The van der Waals surface area contributed by atoms with Crippen molar-refractivity contribution in [3.63, 3.8) is 0 Å². The SMILES string of the molecule is O=C(Nc1ccc(Br)c(F)c1)NC1(C(=O)O)CCCCC1. The second-order valence-corrected chi connectivity index (χ2v) is 6.01. The van der Waals surface area contributed by atoms with Crippen molar-refractivity contribution in [1.82, 2.24) is 5.32 Å². The Balaban J connectivity index is 2.05. The van der Waals surface area contributed by atoms with Gasteiger partial charge in [-0.2, -0.15) is 0 Å². The van der Waals surface area contributed by atoms with Gasteiger partial charge in [-0.15, -0.1) is 0 Å². The summed E-state index contributed by atoms with van der Waals surface area (Å²) >= 11 is 3.02. The van der Waals surface area contributed by atoms with Gasteiger partial charge in [-0.05, 0) is 47.0 Å². The van der Waals surface area contributed by atoms with Crippen LogP contribution in [0.4, 0.5) is 14.9 Å². The molecule has 0 radical (unpaired) electrons. The molecular weight excluding hydrogens is 343 g/mol. The van der Waals surface area contributed by atoms with Gasteiger partial charge in [-0.25, -0.2) is 14.0 Å². The third-order valence-corrected chi connectivity index (χ3v) is 4.29. The Morgan fingerprint density at radius 2 is 1.90 bits per heavy atom. The minimum Gasteiger partial charge on any atom is -0.480 e. The lowest BCUT2D eigenvalue weighted by molar-refractivity contribution is -0.145. The summed E-state index contributed by atoms with van der Waals surface area (Å²) in [5.41, 5.74) is -0.958. The standard InChI is InChI=1S/C14H16BrFN2O3/c15-10-5-4-9(8-11(10)16)17-13(21)18-14(12(19)20)6-2-1-3-7-14/h4-5,8H,1-3,6-7H2,(H,19,20)(H2,17,18,21). The van der Waals surface area contributed by atoms with Crippen LogP contribution in [0.5, 0.6) is 0 Å². The van der Waals surface area contributed by atoms with Crippen LogP contribution >= 0.6 is 15.9 Å². The van der Waals surface area contributed by atoms with Gasteiger partial charge in [-0.3, -0.25) is 0 Å². The van der Waals surface area contributed by atoms with Gasteiger partial charge in [0.15, 0.2) is 0 Å². The minimum absolute atomic E-state index is 0.268. The largest absolute Gasteiger partial charge is 0.480 e. The van der Waals surface area contributed by atoms with Crippen molar-refractivity contribution in [3.05, 3.63) is 28.5 Å². The number of benzene rings is 1. The van der Waals surface area contributed by atoms with Crippen molar-refractivity contribution in [1.29, 1.82) is 0 Å². The minimum atomic E-state index is -1.23. The van der Waals surface area contributed by atoms with Crippen LogP contribution in [0, 0.1) is 5.82 Å². The third kappa shape index (κ3) is 3.72. The molecule has 114 valence electrons. The molecule has 0 aromatic heterocycles. The molecule has 21 heavy (non-hydrogen) atoms. The van der Waals surface area contributed by atoms with Crippen LogP contribution in [0.15, 0.2) is 22.7 Å². The fourth-order valence-electron chi connectivity index (χ4n) is 2.50. The lowest BCUT2D eigenvalue weighted by atomic mass is 9.82. The summed E-state index contributed by atoms with van der Waals surface area (Å²) in [6.07, 6.45) is 3.31. The van der Waals surface area contributed by atoms with Crippen LogP contribution in [0.1, 0.15) is 32.1 Å². The summed E-state index contributed by atoms with van der Waals surface area (Å²) in [5.74, 6) is -1.53. The summed E-state index contributed by atoms with van der Waals surface area (Å²) in [6.45, 7) is 0. The molecule has 0 spiro atoms. The molecule has 1 aromatic carbocycles. The summed E-state index contributed by atoms with van der Waals surface area (Å²) in [6, 6.07) is 3.53. The average molecular weight is 359 g/mol. The van der Waals surface area contributed by atoms with Crippen molar-refractivity contribution < 1.29 is 19.1 Å². The second kappa shape index (κ2) is 6.43. The van der Waals surface area contributed by atoms with Crippen LogP contribution in [0.3, 0.4) is 0 Å². The van der Waals surface area contributed by atoms with Crippen molar-refractivity contribution >= 4 is 33.6 Å². The molecule has 5 nitrogen and oxygen atoms in total. The fraction of sp³-hybridized carbons (Fsp3) is 0.429. The first-order chi connectivity index (χ1) is 9.93. The predicted octanol–water partition coefficient (Wildman–Crippen LogP) is 3.50. The van der Waals surface area contributed by atoms with Crippen molar-refractivity contribution in [2.75, 3.05) is 5.32 Å². The summed E-state index contributed by atoms with van der Waals surface area (Å²) in [7, 11) is 0. The van der Waals surface area contributed by atoms with Crippen molar-refractivity contribution in [2.24, 2.45) is 0 Å². The van der Waals surface area contributed by atoms with Crippen LogP contribution in [0.25, 0.3) is 0 Å². The van der Waals surface area contributed by atoms with E-state index in [2.05, 4.69) is 26.6 Å². The van der Waals surface area contributed by atoms with E-state index in [9.17, 15) is 19.1 Å². The van der Waals surface area contributed by atoms with Gasteiger partial charge in [0, 0.05) is 5.69 Å². The number of carboxylic acid groups (broad SMARTS) is 1. The maximum atomic E-state index is 13.4. The highest BCUT2D eigenvalue weighted by Crippen LogP contribution is 2.28. The van der Waals surface area contributed by atoms with Gasteiger partial charge in [0.1, 0.15) is 11.4 Å². The second-order valence-electron chi connectivity index (χ2n) is 5.16. The molecule has 1 aliphatic rings. The number of urea groups is 1. The molecule has 1 aliphatic carbocycles. The number of carboxylic acids is 1. The molecular formula is C14H16BrFN2O3. The van der Waals surface area contributed by atoms with E-state index >= 15 is 0 Å². The van der Waals surface area contributed by atoms with Crippen LogP contribution in [-0.2, 0) is 4.79 Å². The number of carbonyl (C=O) groups is 2. The highest BCUT2D eigenvalue weighted by Gasteiger charge is 2.40. The number of aliphatic carboxylic acids is 1. The van der Waals surface area contributed by atoms with Crippen LogP contribution in [0.2, 0.25) is 0 Å². The van der Waals surface area contributed by atoms with E-state index in [1.54, 1.807) is 0 Å². The maximum absolute atomic E-state index is 13.4. The zero-order chi connectivity index (χ0) is 15.5. The van der Waals surface area contributed by atoms with E-state index in [-0.39, 0.29) is 5.69 Å². The number of rotatable bonds is 3. The van der Waals surface area contributed by atoms with Crippen LogP contribution in [-0.4, -0.2) is 22.6 Å². The first-order valence-electron chi connectivity index (χ1n) is 6.70. The average Bonchev–Trinajstić information content (AvgIpc) is 2.43. The number of hydrogen-bond acceptors (Lipinski definition) is 2. The number of halogens is 2. The van der Waals surface area contributed by atoms with E-state index in [0.717, 1.165) is 25.3 Å². The highest BCUT2D eigenvalue weighted by atomic mass is 79.9. The Kier molecular flexibility index (Phi) is 4.82. The molecule has 1 fully saturated rings. The van der Waals surface area contributed by atoms with E-state index in [1.807, 2.05) is 0 Å². The Morgan fingerprint density at radius 3 is 2.48 bits per heavy atom. The number of nitrogens with one attached hydrogen (secondary N) is 2. The highest BCUT2D eigenvalue weighted by molar-refractivity contribution is 9.10. The summed E-state index contributed by atoms with van der Waals surface area (Å²) < 4.78 is 13.7. The smallest absolute Gasteiger partial charge is 0.329 e. The molecule has 2 rings (SSSR count). The first kappa shape index (κ1) is 15.8. The summed E-state index contributed by atoms with van der Waals surface area (Å²) in [4.78, 5) is 23.4. The van der Waals surface area contributed by atoms with Crippen molar-refractivity contribution in [3.8, 4) is 0 Å². The Hall–Kier alpha value is -1.63. The molecule has 0 aliphatic heterocycles. The van der Waals surface area contributed by atoms with Gasteiger partial charge in [0.2, 0.25) is 0 Å². The van der Waals surface area contributed by atoms with E-state index < -0.39 is 23.4 Å². The van der Waals surface area contributed by atoms with E-state index in [4.69, 9.17) is 0 Å². The molecule has 0 saturated heterocycles. The Labute approximate surface area is 130 Å². The Morgan fingerprint density at radius 1 is 1.24 bits per heavy atom. The molecule has 1 saturated carbocycles. The lowest BCUT2D eigenvalue weighted by Gasteiger charge is -2.33. The van der Waals surface area contributed by atoms with Gasteiger partial charge in [-0.1, -0.05) is 19.3 Å². The number of anilines is 1. The summed E-state index contributed by atoms with van der Waals surface area (Å²) in [5, 5.41) is 14.4. The molecule has 1 aromatic rings. The normalized spacial score (nSPS) is 17.0. The first-order valence-corrected chi connectivity index (χ1v) is 7.50. The number of carbonyl (C=O) groups excluding carboxylic acids is 1. The maximum Gasteiger partial charge on any atom is 0.329 e. The number of hydrogen-bond donors (Lipinski definition) is 3. The Bertz CT molecular complexity index is 559. The quantitative estimate of drug-likeness (QED) is 0.773. The molecule has 0 atom stereocenters. The fourth-order valence-corrected chi connectivity index (χ4v) is 2.75. The monoisotopic (exact) mass is 358 g/mol. The van der Waals surface area contributed by atoms with E-state index in [1.165, 1.54) is 12.1 Å². The lowest BCUT2D eigenvalue weighted by Crippen LogP contribution is -2.56. The van der Waals surface area contributed by atoms with Crippen LogP contribution < -0.4 is 10.6 Å². The molecule has 3 N–H and O–H groups in total. The van der Waals surface area contributed by atoms with E-state index in [0.29, 0.717) is 17.3 Å². The van der Waals surface area contributed by atoms with Gasteiger partial charge in [0.25, 0.3) is 0 Å². The molecule has 7 heteroatoms. The topological polar surface area (TPSA) is 78.4 Å².